The lowest BCUT2D eigenvalue weighted by Crippen LogP contribution is -2.08. The zero-order chi connectivity index (χ0) is 6.97. The lowest BCUT2D eigenvalue weighted by Gasteiger charge is -2.23. The summed E-state index contributed by atoms with van der Waals surface area (Å²) in [4.78, 5) is 6.96. The van der Waals surface area contributed by atoms with Crippen molar-refractivity contribution in [3.63, 3.8) is 0 Å². The van der Waals surface area contributed by atoms with E-state index in [9.17, 15) is 0 Å². The van der Waals surface area contributed by atoms with E-state index in [2.05, 4.69) is 9.97 Å². The lowest BCUT2D eigenvalue weighted by molar-refractivity contribution is 0.412. The van der Waals surface area contributed by atoms with Gasteiger partial charge in [0, 0.05) is 17.8 Å². The first-order valence-electron chi connectivity index (χ1n) is 3.56. The third-order valence-corrected chi connectivity index (χ3v) is 2.30. The molecule has 1 aliphatic rings. The Balaban J connectivity index is 2.17. The van der Waals surface area contributed by atoms with Crippen LogP contribution in [0.5, 0.6) is 0 Å². The smallest absolute Gasteiger partial charge is 0.200 e. The summed E-state index contributed by atoms with van der Waals surface area (Å²) in [6.07, 6.45) is 5.77. The van der Waals surface area contributed by atoms with Crippen molar-refractivity contribution in [3.8, 4) is 0 Å². The molecule has 1 fully saturated rings. The van der Waals surface area contributed by atoms with Gasteiger partial charge in [0.15, 0.2) is 5.28 Å². The van der Waals surface area contributed by atoms with Crippen LogP contribution in [0.15, 0.2) is 6.20 Å². The molecule has 0 spiro atoms. The normalized spacial score (nSPS) is 18.9. The highest BCUT2D eigenvalue weighted by Gasteiger charge is 2.20. The number of rotatable bonds is 1. The van der Waals surface area contributed by atoms with Gasteiger partial charge in [-0.05, 0) is 24.4 Å². The maximum absolute atomic E-state index is 5.62. The maximum atomic E-state index is 5.62. The van der Waals surface area contributed by atoms with Gasteiger partial charge in [0.25, 0.3) is 0 Å². The van der Waals surface area contributed by atoms with Crippen LogP contribution in [0, 0.1) is 0 Å². The largest absolute Gasteiger partial charge is 0.332 e. The van der Waals surface area contributed by atoms with Crippen LogP contribution in [0.2, 0.25) is 5.28 Å². The number of hydrogen-bond donors (Lipinski definition) is 1. The van der Waals surface area contributed by atoms with Gasteiger partial charge in [-0.3, -0.25) is 0 Å². The first kappa shape index (κ1) is 6.23. The molecule has 0 radical (unpaired) electrons. The minimum Gasteiger partial charge on any atom is -0.332 e. The summed E-state index contributed by atoms with van der Waals surface area (Å²) in [6, 6.07) is 0. The van der Waals surface area contributed by atoms with Gasteiger partial charge in [0.1, 0.15) is 0 Å². The fourth-order valence-corrected chi connectivity index (χ4v) is 1.39. The molecule has 2 rings (SSSR count). The Kier molecular flexibility index (Phi) is 1.42. The summed E-state index contributed by atoms with van der Waals surface area (Å²) in [6.45, 7) is 0. The molecule has 1 heterocycles. The van der Waals surface area contributed by atoms with E-state index < -0.39 is 0 Å². The molecule has 1 N–H and O–H groups in total. The second kappa shape index (κ2) is 2.27. The zero-order valence-corrected chi connectivity index (χ0v) is 6.36. The van der Waals surface area contributed by atoms with Crippen LogP contribution in [0.4, 0.5) is 0 Å². The topological polar surface area (TPSA) is 28.7 Å². The predicted molar refractivity (Wildman–Crippen MR) is 40.2 cm³/mol. The Labute approximate surface area is 64.6 Å². The molecule has 0 bridgehead atoms. The molecule has 0 atom stereocenters. The molecule has 0 amide bonds. The van der Waals surface area contributed by atoms with Crippen molar-refractivity contribution in [3.05, 3.63) is 17.2 Å². The SMILES string of the molecule is Clc1ncc(C2CCC2)[nH]1. The number of H-pyrrole nitrogens is 1. The van der Waals surface area contributed by atoms with E-state index >= 15 is 0 Å². The Hall–Kier alpha value is -0.500. The average Bonchev–Trinajstić information content (AvgIpc) is 2.10. The number of nitrogens with one attached hydrogen (secondary N) is 1. The molecule has 1 aromatic rings. The van der Waals surface area contributed by atoms with Gasteiger partial charge >= 0.3 is 0 Å². The Bertz CT molecular complexity index is 227. The van der Waals surface area contributed by atoms with E-state index in [1.54, 1.807) is 0 Å². The molecule has 1 aliphatic carbocycles. The van der Waals surface area contributed by atoms with E-state index in [1.807, 2.05) is 6.20 Å². The summed E-state index contributed by atoms with van der Waals surface area (Å²) in [5.41, 5.74) is 1.20. The quantitative estimate of drug-likeness (QED) is 0.664. The molecule has 0 aliphatic heterocycles. The second-order valence-corrected chi connectivity index (χ2v) is 3.12. The minimum absolute atomic E-state index is 0.516. The van der Waals surface area contributed by atoms with Gasteiger partial charge in [-0.1, -0.05) is 6.42 Å². The zero-order valence-electron chi connectivity index (χ0n) is 5.60. The summed E-state index contributed by atoms with van der Waals surface area (Å²) >= 11 is 5.62. The standard InChI is InChI=1S/C7H9ClN2/c8-7-9-4-6(10-7)5-2-1-3-5/h4-5H,1-3H2,(H,9,10). The van der Waals surface area contributed by atoms with Crippen molar-refractivity contribution < 1.29 is 0 Å². The average molecular weight is 157 g/mol. The maximum Gasteiger partial charge on any atom is 0.200 e. The molecular formula is C7H9ClN2. The van der Waals surface area contributed by atoms with Crippen molar-refractivity contribution in [2.24, 2.45) is 0 Å². The minimum atomic E-state index is 0.516. The molecule has 2 nitrogen and oxygen atoms in total. The highest BCUT2D eigenvalue weighted by atomic mass is 35.5. The van der Waals surface area contributed by atoms with Gasteiger partial charge < -0.3 is 4.98 Å². The molecule has 1 aromatic heterocycles. The fourth-order valence-electron chi connectivity index (χ4n) is 1.24. The number of aromatic amines is 1. The van der Waals surface area contributed by atoms with E-state index in [4.69, 9.17) is 11.6 Å². The molecule has 0 unspecified atom stereocenters. The van der Waals surface area contributed by atoms with Crippen molar-refractivity contribution in [2.45, 2.75) is 25.2 Å². The van der Waals surface area contributed by atoms with Crippen molar-refractivity contribution >= 4 is 11.6 Å². The molecule has 54 valence electrons. The van der Waals surface area contributed by atoms with E-state index in [0.29, 0.717) is 11.2 Å². The van der Waals surface area contributed by atoms with Crippen molar-refractivity contribution in [2.75, 3.05) is 0 Å². The van der Waals surface area contributed by atoms with Gasteiger partial charge in [-0.15, -0.1) is 0 Å². The predicted octanol–water partition coefficient (Wildman–Crippen LogP) is 2.33. The molecular weight excluding hydrogens is 148 g/mol. The van der Waals surface area contributed by atoms with Crippen LogP contribution < -0.4 is 0 Å². The Morgan fingerprint density at radius 1 is 1.60 bits per heavy atom. The van der Waals surface area contributed by atoms with Crippen LogP contribution in [-0.2, 0) is 0 Å². The van der Waals surface area contributed by atoms with Crippen molar-refractivity contribution in [1.29, 1.82) is 0 Å². The summed E-state index contributed by atoms with van der Waals surface area (Å²) < 4.78 is 0. The number of hydrogen-bond acceptors (Lipinski definition) is 1. The van der Waals surface area contributed by atoms with E-state index in [-0.39, 0.29) is 0 Å². The number of aromatic nitrogens is 2. The van der Waals surface area contributed by atoms with E-state index in [1.165, 1.54) is 25.0 Å². The van der Waals surface area contributed by atoms with Crippen LogP contribution in [-0.4, -0.2) is 9.97 Å². The first-order valence-corrected chi connectivity index (χ1v) is 3.94. The first-order chi connectivity index (χ1) is 4.86. The fraction of sp³-hybridized carbons (Fsp3) is 0.571. The van der Waals surface area contributed by atoms with Crippen molar-refractivity contribution in [1.82, 2.24) is 9.97 Å². The number of imidazole rings is 1. The van der Waals surface area contributed by atoms with Gasteiger partial charge in [-0.2, -0.15) is 0 Å². The number of nitrogens with zero attached hydrogens (tertiary/aromatic N) is 1. The van der Waals surface area contributed by atoms with Gasteiger partial charge in [-0.25, -0.2) is 4.98 Å². The van der Waals surface area contributed by atoms with Crippen LogP contribution in [0.25, 0.3) is 0 Å². The van der Waals surface area contributed by atoms with Crippen LogP contribution >= 0.6 is 11.6 Å². The molecule has 1 saturated carbocycles. The summed E-state index contributed by atoms with van der Waals surface area (Å²) in [5, 5.41) is 0.516. The summed E-state index contributed by atoms with van der Waals surface area (Å²) in [5.74, 6) is 0.708. The molecule has 10 heavy (non-hydrogen) atoms. The van der Waals surface area contributed by atoms with Gasteiger partial charge in [0.2, 0.25) is 0 Å². The van der Waals surface area contributed by atoms with Gasteiger partial charge in [0.05, 0.1) is 0 Å². The van der Waals surface area contributed by atoms with E-state index in [0.717, 1.165) is 0 Å². The lowest BCUT2D eigenvalue weighted by atomic mass is 9.83. The Morgan fingerprint density at radius 2 is 2.40 bits per heavy atom. The molecule has 0 aromatic carbocycles. The molecule has 0 saturated heterocycles. The van der Waals surface area contributed by atoms with Crippen LogP contribution in [0.1, 0.15) is 30.9 Å². The Morgan fingerprint density at radius 3 is 2.80 bits per heavy atom. The number of halogens is 1. The monoisotopic (exact) mass is 156 g/mol. The molecule has 3 heteroatoms. The summed E-state index contributed by atoms with van der Waals surface area (Å²) in [7, 11) is 0. The third-order valence-electron chi connectivity index (χ3n) is 2.11. The van der Waals surface area contributed by atoms with Crippen LogP contribution in [0.3, 0.4) is 0 Å². The highest BCUT2D eigenvalue weighted by molar-refractivity contribution is 6.28. The third kappa shape index (κ3) is 0.926. The second-order valence-electron chi connectivity index (χ2n) is 2.76. The highest BCUT2D eigenvalue weighted by Crippen LogP contribution is 2.35.